The van der Waals surface area contributed by atoms with Crippen LogP contribution in [0.25, 0.3) is 11.6 Å². The normalized spacial score (nSPS) is 12.8. The van der Waals surface area contributed by atoms with E-state index < -0.39 is 13.8 Å². The van der Waals surface area contributed by atoms with Gasteiger partial charge in [-0.25, -0.2) is 4.57 Å². The van der Waals surface area contributed by atoms with Gasteiger partial charge in [0.1, 0.15) is 17.2 Å². The van der Waals surface area contributed by atoms with Crippen LogP contribution in [0.4, 0.5) is 0 Å². The smallest absolute Gasteiger partial charge is 0.427 e. The van der Waals surface area contributed by atoms with Gasteiger partial charge in [0.15, 0.2) is 5.78 Å². The summed E-state index contributed by atoms with van der Waals surface area (Å²) in [6, 6.07) is 30.0. The molecule has 1 atom stereocenters. The maximum atomic E-state index is 13.5. The topological polar surface area (TPSA) is 99.1 Å². The molecule has 0 saturated heterocycles. The van der Waals surface area contributed by atoms with Crippen molar-refractivity contribution in [1.29, 1.82) is 0 Å². The molecule has 0 aliphatic carbocycles. The largest absolute Gasteiger partial charge is 0.584 e. The average Bonchev–Trinajstić information content (AvgIpc) is 2.88. The first kappa shape index (κ1) is 25.6. The van der Waals surface area contributed by atoms with Crippen molar-refractivity contribution in [1.82, 2.24) is 0 Å². The van der Waals surface area contributed by atoms with Crippen molar-refractivity contribution in [2.24, 2.45) is 0 Å². The molecule has 0 heterocycles. The Labute approximate surface area is 214 Å². The Bertz CT molecular complexity index is 1450. The summed E-state index contributed by atoms with van der Waals surface area (Å²) in [6.45, 7) is 1.31. The average molecular weight is 514 g/mol. The number of carbonyl (C=O) groups is 2. The number of esters is 1. The van der Waals surface area contributed by atoms with Gasteiger partial charge in [-0.15, -0.1) is 0 Å². The van der Waals surface area contributed by atoms with Gasteiger partial charge < -0.3 is 13.8 Å². The number of Topliss-reactive ketones (excluding diaryl/α,β-unsaturated/α-hetero) is 1. The van der Waals surface area contributed by atoms with Gasteiger partial charge in [-0.2, -0.15) is 0 Å². The highest BCUT2D eigenvalue weighted by atomic mass is 31.2. The minimum Gasteiger partial charge on any atom is -0.427 e. The van der Waals surface area contributed by atoms with Gasteiger partial charge in [-0.05, 0) is 65.7 Å². The number of phosphoric ester groups is 1. The fourth-order valence-corrected chi connectivity index (χ4v) is 4.27. The van der Waals surface area contributed by atoms with Crippen LogP contribution >= 0.6 is 7.82 Å². The lowest BCUT2D eigenvalue weighted by Gasteiger charge is -2.14. The first-order chi connectivity index (χ1) is 17.8. The molecule has 0 spiro atoms. The molecule has 186 valence electrons. The van der Waals surface area contributed by atoms with Crippen molar-refractivity contribution in [2.75, 3.05) is 0 Å². The third kappa shape index (κ3) is 7.27. The van der Waals surface area contributed by atoms with Crippen molar-refractivity contribution in [3.8, 4) is 17.2 Å². The van der Waals surface area contributed by atoms with E-state index in [1.807, 2.05) is 30.3 Å². The second-order valence-corrected chi connectivity index (χ2v) is 9.21. The molecule has 1 N–H and O–H groups in total. The summed E-state index contributed by atoms with van der Waals surface area (Å²) in [6.07, 6.45) is 1.77. The quantitative estimate of drug-likeness (QED) is 0.0671. The summed E-state index contributed by atoms with van der Waals surface area (Å²) in [5.41, 5.74) is 2.21. The van der Waals surface area contributed by atoms with E-state index >= 15 is 0 Å². The van der Waals surface area contributed by atoms with Gasteiger partial charge >= 0.3 is 13.8 Å². The number of rotatable bonds is 9. The van der Waals surface area contributed by atoms with E-state index in [1.165, 1.54) is 43.3 Å². The molecule has 7 nitrogen and oxygen atoms in total. The predicted molar refractivity (Wildman–Crippen MR) is 140 cm³/mol. The predicted octanol–water partition coefficient (Wildman–Crippen LogP) is 6.59. The Hall–Kier alpha value is -4.45. The third-order valence-electron chi connectivity index (χ3n) is 5.08. The lowest BCUT2D eigenvalue weighted by molar-refractivity contribution is -0.131. The van der Waals surface area contributed by atoms with E-state index in [0.29, 0.717) is 22.4 Å². The van der Waals surface area contributed by atoms with Crippen LogP contribution in [0.5, 0.6) is 17.2 Å². The summed E-state index contributed by atoms with van der Waals surface area (Å²) in [7, 11) is -4.44. The molecule has 37 heavy (non-hydrogen) atoms. The lowest BCUT2D eigenvalue weighted by Crippen LogP contribution is -2.05. The SMILES string of the molecule is CC(=O)Oc1ccc(/C(=C/c2ccccc2)C(=O)c2ccc(OP(=O)(O)Oc3ccccc3)cc2)cc1. The van der Waals surface area contributed by atoms with E-state index in [-0.39, 0.29) is 17.3 Å². The van der Waals surface area contributed by atoms with Crippen LogP contribution in [0.1, 0.15) is 28.4 Å². The van der Waals surface area contributed by atoms with Gasteiger partial charge in [0.05, 0.1) is 0 Å². The van der Waals surface area contributed by atoms with Crippen LogP contribution in [0.2, 0.25) is 0 Å². The molecule has 0 radical (unpaired) electrons. The molecule has 1 unspecified atom stereocenters. The zero-order valence-corrected chi connectivity index (χ0v) is 20.7. The summed E-state index contributed by atoms with van der Waals surface area (Å²) in [4.78, 5) is 34.8. The number of allylic oxidation sites excluding steroid dienone is 1. The fraction of sp³-hybridized carbons (Fsp3) is 0.0345. The molecule has 0 aromatic heterocycles. The molecule has 8 heteroatoms. The highest BCUT2D eigenvalue weighted by molar-refractivity contribution is 7.48. The first-order valence-electron chi connectivity index (χ1n) is 11.3. The molecule has 0 saturated carbocycles. The maximum absolute atomic E-state index is 13.5. The van der Waals surface area contributed by atoms with Gasteiger partial charge in [0.2, 0.25) is 0 Å². The van der Waals surface area contributed by atoms with Crippen LogP contribution in [0, 0.1) is 0 Å². The van der Waals surface area contributed by atoms with Crippen LogP contribution in [0.15, 0.2) is 109 Å². The number of para-hydroxylation sites is 1. The monoisotopic (exact) mass is 514 g/mol. The molecule has 0 aliphatic rings. The second kappa shape index (κ2) is 11.5. The van der Waals surface area contributed by atoms with E-state index in [9.17, 15) is 19.0 Å². The van der Waals surface area contributed by atoms with Gasteiger partial charge in [-0.1, -0.05) is 60.7 Å². The first-order valence-corrected chi connectivity index (χ1v) is 12.8. The summed E-state index contributed by atoms with van der Waals surface area (Å²) in [5, 5.41) is 0. The molecule has 4 aromatic carbocycles. The maximum Gasteiger partial charge on any atom is 0.584 e. The summed E-state index contributed by atoms with van der Waals surface area (Å²) in [5.74, 6) is -0.0836. The van der Waals surface area contributed by atoms with E-state index in [2.05, 4.69) is 0 Å². The molecule has 0 amide bonds. The lowest BCUT2D eigenvalue weighted by atomic mass is 9.94. The van der Waals surface area contributed by atoms with Gasteiger partial charge in [-0.3, -0.25) is 14.5 Å². The van der Waals surface area contributed by atoms with Crippen LogP contribution in [-0.2, 0) is 9.36 Å². The number of benzene rings is 4. The minimum atomic E-state index is -4.44. The molecule has 0 aliphatic heterocycles. The van der Waals surface area contributed by atoms with Crippen molar-refractivity contribution >= 4 is 31.2 Å². The fourth-order valence-electron chi connectivity index (χ4n) is 3.45. The zero-order valence-electron chi connectivity index (χ0n) is 19.8. The number of hydrogen-bond acceptors (Lipinski definition) is 6. The molecule has 4 rings (SSSR count). The van der Waals surface area contributed by atoms with Gasteiger partial charge in [0, 0.05) is 18.1 Å². The van der Waals surface area contributed by atoms with Crippen molar-refractivity contribution in [3.05, 3.63) is 126 Å². The standard InChI is InChI=1S/C29H23O7P/c1-21(30)34-25-16-12-23(13-17-25)28(20-22-8-4-2-5-9-22)29(31)24-14-18-27(19-15-24)36-37(32,33)35-26-10-6-3-7-11-26/h2-20H,1H3,(H,32,33)/b28-20-. The second-order valence-electron chi connectivity index (χ2n) is 7.90. The minimum absolute atomic E-state index is 0.0673. The van der Waals surface area contributed by atoms with Crippen molar-refractivity contribution in [3.63, 3.8) is 0 Å². The molecule has 4 aromatic rings. The van der Waals surface area contributed by atoms with Crippen molar-refractivity contribution < 1.29 is 32.8 Å². The highest BCUT2D eigenvalue weighted by Gasteiger charge is 2.25. The number of phosphoric acid groups is 1. The molecule has 0 bridgehead atoms. The van der Waals surface area contributed by atoms with Crippen molar-refractivity contribution in [2.45, 2.75) is 6.92 Å². The molecular weight excluding hydrogens is 491 g/mol. The van der Waals surface area contributed by atoms with Crippen LogP contribution in [0.3, 0.4) is 0 Å². The number of hydrogen-bond donors (Lipinski definition) is 1. The number of ether oxygens (including phenoxy) is 1. The Balaban J connectivity index is 1.57. The summed E-state index contributed by atoms with van der Waals surface area (Å²) < 4.78 is 27.7. The van der Waals surface area contributed by atoms with Crippen LogP contribution < -0.4 is 13.8 Å². The Morgan fingerprint density at radius 2 is 1.16 bits per heavy atom. The zero-order chi connectivity index (χ0) is 26.3. The highest BCUT2D eigenvalue weighted by Crippen LogP contribution is 2.44. The summed E-state index contributed by atoms with van der Waals surface area (Å²) >= 11 is 0. The Kier molecular flexibility index (Phi) is 7.98. The Morgan fingerprint density at radius 1 is 0.676 bits per heavy atom. The van der Waals surface area contributed by atoms with E-state index in [4.69, 9.17) is 13.8 Å². The number of ketones is 1. The van der Waals surface area contributed by atoms with Gasteiger partial charge in [0.25, 0.3) is 0 Å². The van der Waals surface area contributed by atoms with E-state index in [1.54, 1.807) is 48.5 Å². The molecule has 0 fully saturated rings. The van der Waals surface area contributed by atoms with E-state index in [0.717, 1.165) is 5.56 Å². The third-order valence-corrected chi connectivity index (χ3v) is 5.97. The van der Waals surface area contributed by atoms with Crippen LogP contribution in [-0.4, -0.2) is 16.6 Å². The molecular formula is C29H23O7P. The Morgan fingerprint density at radius 3 is 1.73 bits per heavy atom. The number of carbonyl (C=O) groups excluding carboxylic acids is 2.